The summed E-state index contributed by atoms with van der Waals surface area (Å²) in [5, 5.41) is 7.44. The summed E-state index contributed by atoms with van der Waals surface area (Å²) in [7, 11) is 0. The number of hydrogen-bond acceptors (Lipinski definition) is 4. The zero-order valence-electron chi connectivity index (χ0n) is 17.2. The Morgan fingerprint density at radius 2 is 2.03 bits per heavy atom. The fraction of sp³-hybridized carbons (Fsp3) is 0.348. The highest BCUT2D eigenvalue weighted by molar-refractivity contribution is 5.83. The average Bonchev–Trinajstić information content (AvgIpc) is 3.44. The molecule has 0 aromatic carbocycles. The van der Waals surface area contributed by atoms with Crippen molar-refractivity contribution >= 4 is 16.8 Å². The Kier molecular flexibility index (Phi) is 4.73. The van der Waals surface area contributed by atoms with E-state index in [1.54, 1.807) is 10.7 Å². The number of nitrogens with zero attached hydrogens (tertiary/aromatic N) is 4. The third kappa shape index (κ3) is 4.06. The van der Waals surface area contributed by atoms with Crippen molar-refractivity contribution in [2.45, 2.75) is 45.2 Å². The topological polar surface area (TPSA) is 55.1 Å². The molecule has 1 aliphatic rings. The first-order valence-corrected chi connectivity index (χ1v) is 9.85. The molecule has 1 fully saturated rings. The molecule has 0 saturated heterocycles. The summed E-state index contributed by atoms with van der Waals surface area (Å²) >= 11 is 0. The number of aromatic nitrogens is 4. The zero-order chi connectivity index (χ0) is 20.8. The predicted octanol–water partition coefficient (Wildman–Crippen LogP) is 4.68. The first-order chi connectivity index (χ1) is 13.7. The van der Waals surface area contributed by atoms with Crippen molar-refractivity contribution in [1.82, 2.24) is 24.9 Å². The van der Waals surface area contributed by atoms with E-state index in [0.717, 1.165) is 39.3 Å². The van der Waals surface area contributed by atoms with Gasteiger partial charge in [0.25, 0.3) is 0 Å². The van der Waals surface area contributed by atoms with Crippen LogP contribution in [0.4, 0.5) is 4.39 Å². The van der Waals surface area contributed by atoms with E-state index in [0.29, 0.717) is 11.6 Å². The molecule has 0 radical (unpaired) electrons. The molecule has 4 rings (SSSR count). The van der Waals surface area contributed by atoms with Gasteiger partial charge in [0.1, 0.15) is 11.5 Å². The molecule has 1 aliphatic carbocycles. The lowest BCUT2D eigenvalue weighted by atomic mass is 9.99. The van der Waals surface area contributed by atoms with Crippen LogP contribution in [0.15, 0.2) is 43.9 Å². The molecule has 0 bridgehead atoms. The Hall–Kier alpha value is -3.02. The minimum absolute atomic E-state index is 0.180. The zero-order valence-corrected chi connectivity index (χ0v) is 17.2. The number of aryl methyl sites for hydroxylation is 1. The Bertz CT molecular complexity index is 1100. The molecule has 3 heterocycles. The number of fused-ring (bicyclic) bond motifs is 1. The molecule has 6 heteroatoms. The van der Waals surface area contributed by atoms with Crippen LogP contribution in [0.1, 0.15) is 60.8 Å². The van der Waals surface area contributed by atoms with Crippen LogP contribution < -0.4 is 5.32 Å². The SMILES string of the molecule is C=C(c1ccn2ncc(C(=C)NCC(C)(C)F)c2c1)c1cnc(C2CC2)nc1C. The molecule has 0 unspecified atom stereocenters. The second-order valence-electron chi connectivity index (χ2n) is 8.33. The van der Waals surface area contributed by atoms with Crippen LogP contribution in [0.3, 0.4) is 0 Å². The molecule has 0 aliphatic heterocycles. The molecule has 150 valence electrons. The fourth-order valence-electron chi connectivity index (χ4n) is 3.29. The van der Waals surface area contributed by atoms with Gasteiger partial charge in [-0.1, -0.05) is 13.2 Å². The Balaban J connectivity index is 1.63. The van der Waals surface area contributed by atoms with Gasteiger partial charge < -0.3 is 5.32 Å². The number of rotatable bonds is 7. The highest BCUT2D eigenvalue weighted by Crippen LogP contribution is 2.38. The summed E-state index contributed by atoms with van der Waals surface area (Å²) in [6, 6.07) is 3.99. The molecule has 0 spiro atoms. The standard InChI is InChI=1S/C23H26FN5/c1-14(19-11-25-22(17-6-7-17)28-16(19)3)18-8-9-29-21(10-18)20(12-27-29)15(2)26-13-23(4,5)24/h8-12,17,26H,1-2,6-7,13H2,3-5H3. The Labute approximate surface area is 170 Å². The number of alkyl halides is 1. The monoisotopic (exact) mass is 391 g/mol. The number of hydrogen-bond donors (Lipinski definition) is 1. The normalized spacial score (nSPS) is 14.2. The van der Waals surface area contributed by atoms with E-state index in [4.69, 9.17) is 0 Å². The van der Waals surface area contributed by atoms with Crippen LogP contribution in [-0.4, -0.2) is 31.8 Å². The largest absolute Gasteiger partial charge is 0.382 e. The van der Waals surface area contributed by atoms with Gasteiger partial charge in [0.15, 0.2) is 0 Å². The third-order valence-corrected chi connectivity index (χ3v) is 5.18. The molecular formula is C23H26FN5. The van der Waals surface area contributed by atoms with Crippen LogP contribution in [0.5, 0.6) is 0 Å². The van der Waals surface area contributed by atoms with Crippen molar-refractivity contribution in [3.63, 3.8) is 0 Å². The number of pyridine rings is 1. The van der Waals surface area contributed by atoms with Gasteiger partial charge >= 0.3 is 0 Å². The lowest BCUT2D eigenvalue weighted by molar-refractivity contribution is 0.219. The minimum Gasteiger partial charge on any atom is -0.382 e. The van der Waals surface area contributed by atoms with Gasteiger partial charge in [-0.15, -0.1) is 0 Å². The molecule has 3 aromatic rings. The van der Waals surface area contributed by atoms with E-state index in [9.17, 15) is 4.39 Å². The summed E-state index contributed by atoms with van der Waals surface area (Å²) in [4.78, 5) is 9.22. The van der Waals surface area contributed by atoms with E-state index >= 15 is 0 Å². The van der Waals surface area contributed by atoms with Crippen molar-refractivity contribution < 1.29 is 4.39 Å². The lowest BCUT2D eigenvalue weighted by Gasteiger charge is -2.17. The maximum Gasteiger partial charge on any atom is 0.131 e. The van der Waals surface area contributed by atoms with Crippen molar-refractivity contribution in [1.29, 1.82) is 0 Å². The van der Waals surface area contributed by atoms with Crippen molar-refractivity contribution in [2.24, 2.45) is 0 Å². The first-order valence-electron chi connectivity index (χ1n) is 9.85. The van der Waals surface area contributed by atoms with Crippen LogP contribution in [-0.2, 0) is 0 Å². The number of halogens is 1. The lowest BCUT2D eigenvalue weighted by Crippen LogP contribution is -2.29. The molecule has 29 heavy (non-hydrogen) atoms. The van der Waals surface area contributed by atoms with Gasteiger partial charge in [0, 0.05) is 47.4 Å². The Morgan fingerprint density at radius 1 is 1.28 bits per heavy atom. The molecule has 0 atom stereocenters. The second-order valence-corrected chi connectivity index (χ2v) is 8.33. The van der Waals surface area contributed by atoms with Gasteiger partial charge in [-0.25, -0.2) is 18.9 Å². The van der Waals surface area contributed by atoms with E-state index in [1.807, 2.05) is 31.5 Å². The minimum atomic E-state index is -1.32. The quantitative estimate of drug-likeness (QED) is 0.635. The van der Waals surface area contributed by atoms with E-state index in [2.05, 4.69) is 33.5 Å². The molecular weight excluding hydrogens is 365 g/mol. The molecule has 3 aromatic heterocycles. The van der Waals surface area contributed by atoms with E-state index in [-0.39, 0.29) is 6.54 Å². The van der Waals surface area contributed by atoms with Gasteiger partial charge in [0.05, 0.1) is 11.7 Å². The molecule has 1 N–H and O–H groups in total. The highest BCUT2D eigenvalue weighted by Gasteiger charge is 2.27. The van der Waals surface area contributed by atoms with Crippen LogP contribution in [0.2, 0.25) is 0 Å². The molecule has 1 saturated carbocycles. The van der Waals surface area contributed by atoms with E-state index in [1.165, 1.54) is 26.7 Å². The summed E-state index contributed by atoms with van der Waals surface area (Å²) in [5.41, 5.74) is 4.74. The van der Waals surface area contributed by atoms with Gasteiger partial charge in [0.2, 0.25) is 0 Å². The van der Waals surface area contributed by atoms with Crippen molar-refractivity contribution in [2.75, 3.05) is 6.54 Å². The third-order valence-electron chi connectivity index (χ3n) is 5.18. The van der Waals surface area contributed by atoms with Crippen molar-refractivity contribution in [3.05, 3.63) is 72.1 Å². The summed E-state index contributed by atoms with van der Waals surface area (Å²) in [6.45, 7) is 13.6. The molecule has 0 amide bonds. The van der Waals surface area contributed by atoms with Gasteiger partial charge in [-0.05, 0) is 56.9 Å². The summed E-state index contributed by atoms with van der Waals surface area (Å²) < 4.78 is 15.6. The van der Waals surface area contributed by atoms with Gasteiger partial charge in [-0.2, -0.15) is 5.10 Å². The maximum atomic E-state index is 13.8. The Morgan fingerprint density at radius 3 is 2.69 bits per heavy atom. The summed E-state index contributed by atoms with van der Waals surface area (Å²) in [6.07, 6.45) is 7.86. The van der Waals surface area contributed by atoms with Crippen LogP contribution in [0, 0.1) is 6.92 Å². The first kappa shape index (κ1) is 19.3. The number of nitrogens with one attached hydrogen (secondary N) is 1. The smallest absolute Gasteiger partial charge is 0.131 e. The van der Waals surface area contributed by atoms with Gasteiger partial charge in [-0.3, -0.25) is 0 Å². The average molecular weight is 391 g/mol. The second kappa shape index (κ2) is 7.10. The maximum absolute atomic E-state index is 13.8. The van der Waals surface area contributed by atoms with E-state index < -0.39 is 5.67 Å². The fourth-order valence-corrected chi connectivity index (χ4v) is 3.29. The highest BCUT2D eigenvalue weighted by atomic mass is 19.1. The van der Waals surface area contributed by atoms with Crippen LogP contribution in [0.25, 0.3) is 16.8 Å². The predicted molar refractivity (Wildman–Crippen MR) is 114 cm³/mol. The molecule has 5 nitrogen and oxygen atoms in total. The van der Waals surface area contributed by atoms with Crippen molar-refractivity contribution in [3.8, 4) is 0 Å². The summed E-state index contributed by atoms with van der Waals surface area (Å²) in [5.74, 6) is 1.46. The van der Waals surface area contributed by atoms with Crippen LogP contribution >= 0.6 is 0 Å².